The van der Waals surface area contributed by atoms with Crippen LogP contribution in [-0.2, 0) is 13.1 Å². The average Bonchev–Trinajstić information content (AvgIpc) is 2.72. The highest BCUT2D eigenvalue weighted by Gasteiger charge is 2.26. The van der Waals surface area contributed by atoms with Gasteiger partial charge in [-0.25, -0.2) is 0 Å². The van der Waals surface area contributed by atoms with E-state index in [2.05, 4.69) is 58.6 Å². The number of hydrogen-bond donors (Lipinski definition) is 1. The predicted molar refractivity (Wildman–Crippen MR) is 115 cm³/mol. The zero-order chi connectivity index (χ0) is 19.1. The van der Waals surface area contributed by atoms with Gasteiger partial charge in [-0.3, -0.25) is 0 Å². The van der Waals surface area contributed by atoms with Gasteiger partial charge >= 0.3 is 0 Å². The fraction of sp³-hybridized carbons (Fsp3) is 0.409. The second-order valence-corrected chi connectivity index (χ2v) is 7.51. The molecule has 144 valence electrons. The molecule has 2 aromatic rings. The van der Waals surface area contributed by atoms with Crippen molar-refractivity contribution in [1.82, 2.24) is 15.1 Å². The van der Waals surface area contributed by atoms with Crippen LogP contribution in [0.4, 0.5) is 0 Å². The number of ether oxygens (including phenoxy) is 1. The number of methoxy groups -OCH3 is 1. The fourth-order valence-corrected chi connectivity index (χ4v) is 3.85. The number of likely N-dealkylation sites (tertiary alicyclic amines) is 1. The van der Waals surface area contributed by atoms with E-state index in [-0.39, 0.29) is 0 Å². The third-order valence-electron chi connectivity index (χ3n) is 5.21. The lowest BCUT2D eigenvalue weighted by Crippen LogP contribution is -2.49. The molecular formula is C22H29N3OS. The molecule has 1 saturated heterocycles. The maximum atomic E-state index is 5.82. The summed E-state index contributed by atoms with van der Waals surface area (Å²) in [4.78, 5) is 4.74. The molecule has 4 nitrogen and oxygen atoms in total. The standard InChI is InChI=1S/C22H29N3OS/c1-24-14-12-20(13-15-24)25(17-19-10-6-7-11-21(19)26-2)22(27)23-16-18-8-4-3-5-9-18/h3-11,20H,12-17H2,1-2H3,(H,23,27). The van der Waals surface area contributed by atoms with Crippen molar-refractivity contribution in [2.75, 3.05) is 27.2 Å². The zero-order valence-corrected chi connectivity index (χ0v) is 17.0. The molecule has 0 atom stereocenters. The summed E-state index contributed by atoms with van der Waals surface area (Å²) in [6.45, 7) is 3.72. The van der Waals surface area contributed by atoms with Crippen molar-refractivity contribution in [1.29, 1.82) is 0 Å². The summed E-state index contributed by atoms with van der Waals surface area (Å²) in [6, 6.07) is 19.1. The normalized spacial score (nSPS) is 15.3. The molecule has 0 unspecified atom stereocenters. The second kappa shape index (κ2) is 9.72. The highest BCUT2D eigenvalue weighted by Crippen LogP contribution is 2.24. The van der Waals surface area contributed by atoms with Gasteiger partial charge in [0.25, 0.3) is 0 Å². The van der Waals surface area contributed by atoms with Gasteiger partial charge in [-0.1, -0.05) is 48.5 Å². The molecule has 1 aliphatic rings. The quantitative estimate of drug-likeness (QED) is 0.769. The maximum Gasteiger partial charge on any atom is 0.169 e. The van der Waals surface area contributed by atoms with E-state index in [0.29, 0.717) is 6.04 Å². The number of nitrogens with zero attached hydrogens (tertiary/aromatic N) is 2. The summed E-state index contributed by atoms with van der Waals surface area (Å²) in [6.07, 6.45) is 2.25. The minimum Gasteiger partial charge on any atom is -0.496 e. The highest BCUT2D eigenvalue weighted by atomic mass is 32.1. The van der Waals surface area contributed by atoms with Crippen molar-refractivity contribution in [2.45, 2.75) is 32.0 Å². The number of thiocarbonyl (C=S) groups is 1. The van der Waals surface area contributed by atoms with Crippen molar-refractivity contribution in [3.05, 3.63) is 65.7 Å². The van der Waals surface area contributed by atoms with E-state index in [9.17, 15) is 0 Å². The molecule has 0 saturated carbocycles. The molecule has 1 fully saturated rings. The van der Waals surface area contributed by atoms with Gasteiger partial charge in [-0.15, -0.1) is 0 Å². The van der Waals surface area contributed by atoms with Crippen LogP contribution in [0.5, 0.6) is 5.75 Å². The molecule has 27 heavy (non-hydrogen) atoms. The van der Waals surface area contributed by atoms with Gasteiger partial charge in [0.1, 0.15) is 5.75 Å². The smallest absolute Gasteiger partial charge is 0.169 e. The Morgan fingerprint density at radius 1 is 1.11 bits per heavy atom. The maximum absolute atomic E-state index is 5.82. The molecule has 0 aliphatic carbocycles. The van der Waals surface area contributed by atoms with Gasteiger partial charge in [-0.2, -0.15) is 0 Å². The first-order valence-electron chi connectivity index (χ1n) is 9.56. The molecular weight excluding hydrogens is 354 g/mol. The monoisotopic (exact) mass is 383 g/mol. The lowest BCUT2D eigenvalue weighted by molar-refractivity contribution is 0.170. The van der Waals surface area contributed by atoms with Crippen molar-refractivity contribution >= 4 is 17.3 Å². The SMILES string of the molecule is COc1ccccc1CN(C(=S)NCc1ccccc1)C1CCN(C)CC1. The van der Waals surface area contributed by atoms with E-state index in [1.165, 1.54) is 11.1 Å². The molecule has 5 heteroatoms. The average molecular weight is 384 g/mol. The van der Waals surface area contributed by atoms with E-state index < -0.39 is 0 Å². The first-order valence-corrected chi connectivity index (χ1v) is 9.97. The van der Waals surface area contributed by atoms with E-state index in [1.54, 1.807) is 7.11 Å². The molecule has 0 bridgehead atoms. The van der Waals surface area contributed by atoms with Crippen LogP contribution in [0, 0.1) is 0 Å². The van der Waals surface area contributed by atoms with Crippen LogP contribution in [0.25, 0.3) is 0 Å². The fourth-order valence-electron chi connectivity index (χ4n) is 3.57. The van der Waals surface area contributed by atoms with Gasteiger partial charge in [0.2, 0.25) is 0 Å². The summed E-state index contributed by atoms with van der Waals surface area (Å²) in [5.41, 5.74) is 2.41. The lowest BCUT2D eigenvalue weighted by atomic mass is 10.0. The molecule has 1 aliphatic heterocycles. The van der Waals surface area contributed by atoms with E-state index in [1.807, 2.05) is 18.2 Å². The van der Waals surface area contributed by atoms with Crippen LogP contribution in [0.2, 0.25) is 0 Å². The second-order valence-electron chi connectivity index (χ2n) is 7.12. The summed E-state index contributed by atoms with van der Waals surface area (Å²) >= 11 is 5.82. The van der Waals surface area contributed by atoms with Gasteiger partial charge in [0, 0.05) is 24.7 Å². The number of rotatable bonds is 6. The topological polar surface area (TPSA) is 27.7 Å². The Bertz CT molecular complexity index is 729. The van der Waals surface area contributed by atoms with Crippen LogP contribution >= 0.6 is 12.2 Å². The van der Waals surface area contributed by atoms with Crippen molar-refractivity contribution < 1.29 is 4.74 Å². The molecule has 3 rings (SSSR count). The van der Waals surface area contributed by atoms with Gasteiger partial charge in [0.15, 0.2) is 5.11 Å². The number of para-hydroxylation sites is 1. The van der Waals surface area contributed by atoms with Gasteiger partial charge in [-0.05, 0) is 56.8 Å². The Morgan fingerprint density at radius 3 is 2.48 bits per heavy atom. The summed E-state index contributed by atoms with van der Waals surface area (Å²) < 4.78 is 5.56. The Hall–Kier alpha value is -2.11. The van der Waals surface area contributed by atoms with Crippen molar-refractivity contribution in [3.8, 4) is 5.75 Å². The predicted octanol–water partition coefficient (Wildman–Crippen LogP) is 3.67. The Kier molecular flexibility index (Phi) is 7.07. The molecule has 0 aromatic heterocycles. The van der Waals surface area contributed by atoms with Crippen LogP contribution in [0.15, 0.2) is 54.6 Å². The number of piperidine rings is 1. The summed E-state index contributed by atoms with van der Waals surface area (Å²) in [5, 5.41) is 4.29. The third-order valence-corrected chi connectivity index (χ3v) is 5.59. The summed E-state index contributed by atoms with van der Waals surface area (Å²) in [7, 11) is 3.91. The van der Waals surface area contributed by atoms with Crippen molar-refractivity contribution in [3.63, 3.8) is 0 Å². The first-order chi connectivity index (χ1) is 13.2. The molecule has 1 heterocycles. The number of benzene rings is 2. The number of nitrogens with one attached hydrogen (secondary N) is 1. The largest absolute Gasteiger partial charge is 0.496 e. The Morgan fingerprint density at radius 2 is 1.78 bits per heavy atom. The molecule has 0 radical (unpaired) electrons. The number of hydrogen-bond acceptors (Lipinski definition) is 3. The van der Waals surface area contributed by atoms with Gasteiger partial charge in [0.05, 0.1) is 7.11 Å². The molecule has 0 spiro atoms. The van der Waals surface area contributed by atoms with Crippen LogP contribution < -0.4 is 10.1 Å². The Balaban J connectivity index is 1.73. The molecule has 2 aromatic carbocycles. The third kappa shape index (κ3) is 5.44. The van der Waals surface area contributed by atoms with E-state index in [4.69, 9.17) is 17.0 Å². The lowest BCUT2D eigenvalue weighted by Gasteiger charge is -2.39. The first kappa shape index (κ1) is 19.6. The van der Waals surface area contributed by atoms with Crippen LogP contribution in [-0.4, -0.2) is 48.2 Å². The zero-order valence-electron chi connectivity index (χ0n) is 16.2. The summed E-state index contributed by atoms with van der Waals surface area (Å²) in [5.74, 6) is 0.918. The van der Waals surface area contributed by atoms with Gasteiger partial charge < -0.3 is 19.9 Å². The minimum absolute atomic E-state index is 0.446. The molecule has 1 N–H and O–H groups in total. The van der Waals surface area contributed by atoms with Crippen LogP contribution in [0.1, 0.15) is 24.0 Å². The Labute approximate surface area is 168 Å². The van der Waals surface area contributed by atoms with Crippen molar-refractivity contribution in [2.24, 2.45) is 0 Å². The van der Waals surface area contributed by atoms with E-state index >= 15 is 0 Å². The highest BCUT2D eigenvalue weighted by molar-refractivity contribution is 7.80. The van der Waals surface area contributed by atoms with E-state index in [0.717, 1.165) is 49.9 Å². The van der Waals surface area contributed by atoms with Crippen LogP contribution in [0.3, 0.4) is 0 Å². The minimum atomic E-state index is 0.446. The molecule has 0 amide bonds.